The largest absolute Gasteiger partial charge is 0.483 e. The molecule has 0 aromatic heterocycles. The maximum absolute atomic E-state index is 12.1. The van der Waals surface area contributed by atoms with E-state index in [-0.39, 0.29) is 12.5 Å². The van der Waals surface area contributed by atoms with Crippen molar-refractivity contribution in [2.45, 2.75) is 32.6 Å². The number of carbonyl (C=O) groups is 1. The van der Waals surface area contributed by atoms with E-state index >= 15 is 0 Å². The lowest BCUT2D eigenvalue weighted by Gasteiger charge is -2.20. The third-order valence-electron chi connectivity index (χ3n) is 3.51. The number of hydrogen-bond donors (Lipinski definition) is 1. The summed E-state index contributed by atoms with van der Waals surface area (Å²) in [7, 11) is 0. The molecule has 0 spiro atoms. The van der Waals surface area contributed by atoms with Crippen LogP contribution in [0.2, 0.25) is 0 Å². The summed E-state index contributed by atoms with van der Waals surface area (Å²) in [6.07, 6.45) is 4.66. The first-order valence-electron chi connectivity index (χ1n) is 6.93. The van der Waals surface area contributed by atoms with E-state index in [4.69, 9.17) is 10.5 Å². The number of likely N-dealkylation sites (tertiary alicyclic amines) is 1. The molecule has 1 aliphatic heterocycles. The lowest BCUT2D eigenvalue weighted by molar-refractivity contribution is -0.133. The van der Waals surface area contributed by atoms with Gasteiger partial charge in [-0.1, -0.05) is 12.8 Å². The Bertz CT molecular complexity index is 438. The quantitative estimate of drug-likeness (QED) is 0.851. The zero-order valence-electron chi connectivity index (χ0n) is 11.5. The molecular formula is C15H22N2O2. The van der Waals surface area contributed by atoms with Gasteiger partial charge in [0.2, 0.25) is 0 Å². The molecule has 4 heteroatoms. The number of carbonyl (C=O) groups excluding carboxylic acids is 1. The molecule has 0 atom stereocenters. The van der Waals surface area contributed by atoms with Crippen molar-refractivity contribution in [3.63, 3.8) is 0 Å². The first kappa shape index (κ1) is 13.7. The Hall–Kier alpha value is -1.71. The normalized spacial score (nSPS) is 15.9. The molecule has 19 heavy (non-hydrogen) atoms. The third kappa shape index (κ3) is 3.88. The Balaban J connectivity index is 1.88. The molecular weight excluding hydrogens is 240 g/mol. The number of benzene rings is 1. The van der Waals surface area contributed by atoms with Crippen molar-refractivity contribution in [2.75, 3.05) is 25.4 Å². The average Bonchev–Trinajstić information content (AvgIpc) is 2.66. The highest BCUT2D eigenvalue weighted by molar-refractivity contribution is 5.77. The molecule has 1 saturated heterocycles. The second kappa shape index (κ2) is 6.45. The maximum atomic E-state index is 12.1. The fourth-order valence-corrected chi connectivity index (χ4v) is 2.39. The molecule has 0 bridgehead atoms. The molecule has 1 amide bonds. The first-order chi connectivity index (χ1) is 9.16. The Morgan fingerprint density at radius 1 is 1.26 bits per heavy atom. The van der Waals surface area contributed by atoms with Crippen molar-refractivity contribution in [3.8, 4) is 5.75 Å². The van der Waals surface area contributed by atoms with Crippen LogP contribution in [0.1, 0.15) is 31.2 Å². The molecule has 1 aromatic rings. The number of nitrogen functional groups attached to an aromatic ring is 1. The standard InChI is InChI=1S/C15H22N2O2/c1-12-10-13(16)6-7-14(12)19-11-15(18)17-8-4-2-3-5-9-17/h6-7,10H,2-5,8-9,11,16H2,1H3. The molecule has 0 unspecified atom stereocenters. The van der Waals surface area contributed by atoms with Gasteiger partial charge in [-0.05, 0) is 43.5 Å². The number of aryl methyl sites for hydroxylation is 1. The van der Waals surface area contributed by atoms with Crippen molar-refractivity contribution in [2.24, 2.45) is 0 Å². The summed E-state index contributed by atoms with van der Waals surface area (Å²) in [4.78, 5) is 14.0. The lowest BCUT2D eigenvalue weighted by Crippen LogP contribution is -2.35. The van der Waals surface area contributed by atoms with Crippen LogP contribution in [0.4, 0.5) is 5.69 Å². The van der Waals surface area contributed by atoms with E-state index in [0.29, 0.717) is 5.69 Å². The van der Waals surface area contributed by atoms with E-state index in [2.05, 4.69) is 0 Å². The van der Waals surface area contributed by atoms with Gasteiger partial charge in [0.25, 0.3) is 5.91 Å². The Morgan fingerprint density at radius 2 is 1.95 bits per heavy atom. The molecule has 2 rings (SSSR count). The molecule has 1 heterocycles. The summed E-state index contributed by atoms with van der Waals surface area (Å²) in [6, 6.07) is 5.46. The van der Waals surface area contributed by atoms with E-state index < -0.39 is 0 Å². The summed E-state index contributed by atoms with van der Waals surface area (Å²) in [5, 5.41) is 0. The van der Waals surface area contributed by atoms with Crippen LogP contribution in [0.15, 0.2) is 18.2 Å². The van der Waals surface area contributed by atoms with E-state index in [1.165, 1.54) is 12.8 Å². The Morgan fingerprint density at radius 3 is 2.58 bits per heavy atom. The molecule has 0 aliphatic carbocycles. The van der Waals surface area contributed by atoms with Crippen molar-refractivity contribution in [1.82, 2.24) is 4.90 Å². The minimum Gasteiger partial charge on any atom is -0.483 e. The zero-order valence-corrected chi connectivity index (χ0v) is 11.5. The minimum absolute atomic E-state index is 0.0816. The van der Waals surface area contributed by atoms with Crippen LogP contribution in [0, 0.1) is 6.92 Å². The van der Waals surface area contributed by atoms with Crippen molar-refractivity contribution in [3.05, 3.63) is 23.8 Å². The van der Waals surface area contributed by atoms with Gasteiger partial charge in [0.1, 0.15) is 5.75 Å². The van der Waals surface area contributed by atoms with Gasteiger partial charge >= 0.3 is 0 Å². The van der Waals surface area contributed by atoms with Gasteiger partial charge in [-0.15, -0.1) is 0 Å². The van der Waals surface area contributed by atoms with Crippen molar-refractivity contribution < 1.29 is 9.53 Å². The van der Waals surface area contributed by atoms with Crippen LogP contribution in [0.5, 0.6) is 5.75 Å². The van der Waals surface area contributed by atoms with Crippen LogP contribution in [0.25, 0.3) is 0 Å². The maximum Gasteiger partial charge on any atom is 0.260 e. The summed E-state index contributed by atoms with van der Waals surface area (Å²) < 4.78 is 5.60. The van der Waals surface area contributed by atoms with Crippen LogP contribution < -0.4 is 10.5 Å². The lowest BCUT2D eigenvalue weighted by atomic mass is 10.2. The average molecular weight is 262 g/mol. The number of hydrogen-bond acceptors (Lipinski definition) is 3. The van der Waals surface area contributed by atoms with E-state index in [0.717, 1.165) is 37.2 Å². The van der Waals surface area contributed by atoms with Crippen molar-refractivity contribution >= 4 is 11.6 Å². The predicted molar refractivity (Wildman–Crippen MR) is 76.1 cm³/mol. The minimum atomic E-state index is 0.0816. The topological polar surface area (TPSA) is 55.6 Å². The van der Waals surface area contributed by atoms with Gasteiger partial charge in [0, 0.05) is 18.8 Å². The number of amides is 1. The van der Waals surface area contributed by atoms with Gasteiger partial charge in [0.15, 0.2) is 6.61 Å². The summed E-state index contributed by atoms with van der Waals surface area (Å²) in [5.74, 6) is 0.815. The Labute approximate surface area is 114 Å². The zero-order chi connectivity index (χ0) is 13.7. The highest BCUT2D eigenvalue weighted by Crippen LogP contribution is 2.20. The fraction of sp³-hybridized carbons (Fsp3) is 0.533. The molecule has 2 N–H and O–H groups in total. The van der Waals surface area contributed by atoms with Gasteiger partial charge < -0.3 is 15.4 Å². The second-order valence-corrected chi connectivity index (χ2v) is 5.11. The van der Waals surface area contributed by atoms with Gasteiger partial charge in [-0.2, -0.15) is 0 Å². The molecule has 1 aromatic carbocycles. The number of ether oxygens (including phenoxy) is 1. The van der Waals surface area contributed by atoms with Gasteiger partial charge in [-0.25, -0.2) is 0 Å². The number of nitrogens with zero attached hydrogens (tertiary/aromatic N) is 1. The van der Waals surface area contributed by atoms with Gasteiger partial charge in [0.05, 0.1) is 0 Å². The highest BCUT2D eigenvalue weighted by Gasteiger charge is 2.16. The number of anilines is 1. The molecule has 0 radical (unpaired) electrons. The van der Waals surface area contributed by atoms with E-state index in [9.17, 15) is 4.79 Å². The van der Waals surface area contributed by atoms with Crippen LogP contribution in [-0.4, -0.2) is 30.5 Å². The SMILES string of the molecule is Cc1cc(N)ccc1OCC(=O)N1CCCCCC1. The molecule has 1 fully saturated rings. The van der Waals surface area contributed by atoms with Crippen molar-refractivity contribution in [1.29, 1.82) is 0 Å². The predicted octanol–water partition coefficient (Wildman–Crippen LogP) is 2.36. The summed E-state index contributed by atoms with van der Waals surface area (Å²) >= 11 is 0. The smallest absolute Gasteiger partial charge is 0.260 e. The summed E-state index contributed by atoms with van der Waals surface area (Å²) in [5.41, 5.74) is 7.36. The van der Waals surface area contributed by atoms with Crippen LogP contribution in [-0.2, 0) is 4.79 Å². The van der Waals surface area contributed by atoms with Gasteiger partial charge in [-0.3, -0.25) is 4.79 Å². The Kier molecular flexibility index (Phi) is 4.66. The first-order valence-corrected chi connectivity index (χ1v) is 6.93. The number of rotatable bonds is 3. The second-order valence-electron chi connectivity index (χ2n) is 5.11. The summed E-state index contributed by atoms with van der Waals surface area (Å²) in [6.45, 7) is 3.78. The van der Waals surface area contributed by atoms with Crippen LogP contribution >= 0.6 is 0 Å². The molecule has 1 aliphatic rings. The van der Waals surface area contributed by atoms with E-state index in [1.54, 1.807) is 6.07 Å². The molecule has 104 valence electrons. The third-order valence-corrected chi connectivity index (χ3v) is 3.51. The monoisotopic (exact) mass is 262 g/mol. The fourth-order valence-electron chi connectivity index (χ4n) is 2.39. The van der Waals surface area contributed by atoms with Crippen LogP contribution in [0.3, 0.4) is 0 Å². The highest BCUT2D eigenvalue weighted by atomic mass is 16.5. The van der Waals surface area contributed by atoms with E-state index in [1.807, 2.05) is 24.0 Å². The molecule has 4 nitrogen and oxygen atoms in total. The molecule has 0 saturated carbocycles. The number of nitrogens with two attached hydrogens (primary N) is 1.